The van der Waals surface area contributed by atoms with Crippen LogP contribution in [0.1, 0.15) is 33.1 Å². The second-order valence-electron chi connectivity index (χ2n) is 8.41. The van der Waals surface area contributed by atoms with E-state index in [1.165, 1.54) is 0 Å². The first-order valence-corrected chi connectivity index (χ1v) is 9.64. The molecule has 0 radical (unpaired) electrons. The first-order chi connectivity index (χ1) is 13.3. The number of carbonyl (C=O) groups is 3. The zero-order valence-corrected chi connectivity index (χ0v) is 15.9. The molecule has 0 amide bonds. The summed E-state index contributed by atoms with van der Waals surface area (Å²) in [5, 5.41) is 10.5. The lowest BCUT2D eigenvalue weighted by molar-refractivity contribution is -0.164. The van der Waals surface area contributed by atoms with E-state index in [1.54, 1.807) is 38.1 Å². The van der Waals surface area contributed by atoms with Crippen molar-refractivity contribution >= 4 is 17.9 Å². The Bertz CT molecular complexity index is 782. The standard InChI is InChI=1S/C21H24O7/c1-21(2,25)17-13-10-12-16(17)20(24)28-18(12)19(13)27-15(23)9-8-14(22)26-11-6-4-3-5-7-11/h3-7,12-13,16-19,25H,8-10H2,1-2H3. The molecule has 2 aliphatic carbocycles. The van der Waals surface area contributed by atoms with Crippen LogP contribution >= 0.6 is 0 Å². The Hall–Kier alpha value is -2.41. The van der Waals surface area contributed by atoms with Gasteiger partial charge >= 0.3 is 17.9 Å². The molecular formula is C21H24O7. The van der Waals surface area contributed by atoms with E-state index in [0.29, 0.717) is 12.2 Å². The van der Waals surface area contributed by atoms with Gasteiger partial charge in [-0.05, 0) is 32.4 Å². The Morgan fingerprint density at radius 1 is 1.14 bits per heavy atom. The maximum absolute atomic E-state index is 12.3. The van der Waals surface area contributed by atoms with E-state index in [4.69, 9.17) is 14.2 Å². The first-order valence-electron chi connectivity index (χ1n) is 9.64. The highest BCUT2D eigenvalue weighted by Crippen LogP contribution is 2.61. The number of esters is 3. The van der Waals surface area contributed by atoms with Gasteiger partial charge in [0.25, 0.3) is 0 Å². The summed E-state index contributed by atoms with van der Waals surface area (Å²) < 4.78 is 16.2. The molecule has 4 rings (SSSR count). The van der Waals surface area contributed by atoms with E-state index < -0.39 is 29.7 Å². The zero-order chi connectivity index (χ0) is 20.1. The minimum atomic E-state index is -1.07. The number of para-hydroxylation sites is 1. The molecule has 2 saturated carbocycles. The average molecular weight is 388 g/mol. The molecule has 28 heavy (non-hydrogen) atoms. The lowest BCUT2D eigenvalue weighted by Crippen LogP contribution is -2.48. The van der Waals surface area contributed by atoms with Gasteiger partial charge in [-0.3, -0.25) is 14.4 Å². The molecule has 1 N–H and O–H groups in total. The first kappa shape index (κ1) is 18.9. The van der Waals surface area contributed by atoms with Gasteiger partial charge in [0, 0.05) is 17.8 Å². The van der Waals surface area contributed by atoms with Crippen molar-refractivity contribution < 1.29 is 33.7 Å². The van der Waals surface area contributed by atoms with E-state index >= 15 is 0 Å². The number of hydrogen-bond donors (Lipinski definition) is 1. The topological polar surface area (TPSA) is 99.1 Å². The third-order valence-electron chi connectivity index (χ3n) is 6.14. The van der Waals surface area contributed by atoms with Gasteiger partial charge in [-0.25, -0.2) is 0 Å². The maximum atomic E-state index is 12.3. The third-order valence-corrected chi connectivity index (χ3v) is 6.14. The lowest BCUT2D eigenvalue weighted by Gasteiger charge is -2.38. The van der Waals surface area contributed by atoms with Crippen LogP contribution in [-0.4, -0.2) is 40.8 Å². The number of ether oxygens (including phenoxy) is 3. The number of aliphatic hydroxyl groups is 1. The van der Waals surface area contributed by atoms with E-state index in [2.05, 4.69) is 0 Å². The van der Waals surface area contributed by atoms with Crippen LogP contribution < -0.4 is 4.74 Å². The minimum Gasteiger partial charge on any atom is -0.458 e. The number of benzene rings is 1. The second kappa shape index (κ2) is 6.88. The van der Waals surface area contributed by atoms with Gasteiger partial charge < -0.3 is 19.3 Å². The summed E-state index contributed by atoms with van der Waals surface area (Å²) in [6.07, 6.45) is -0.528. The SMILES string of the molecule is CC(C)(O)C1C2CC3C(OC(=O)C31)C2OC(=O)CCC(=O)Oc1ccccc1. The fraction of sp³-hybridized carbons (Fsp3) is 0.571. The second-order valence-corrected chi connectivity index (χ2v) is 8.41. The predicted octanol–water partition coefficient (Wildman–Crippen LogP) is 1.86. The molecule has 1 aromatic rings. The minimum absolute atomic E-state index is 0.0187. The van der Waals surface area contributed by atoms with Gasteiger partial charge in [0.2, 0.25) is 0 Å². The normalized spacial score (nSPS) is 32.9. The molecule has 1 aromatic carbocycles. The number of hydrogen-bond acceptors (Lipinski definition) is 7. The Morgan fingerprint density at radius 3 is 2.50 bits per heavy atom. The summed E-state index contributed by atoms with van der Waals surface area (Å²) in [6, 6.07) is 8.63. The van der Waals surface area contributed by atoms with E-state index in [-0.39, 0.29) is 42.5 Å². The molecular weight excluding hydrogens is 364 g/mol. The molecule has 7 heteroatoms. The van der Waals surface area contributed by atoms with Crippen molar-refractivity contribution in [3.05, 3.63) is 30.3 Å². The monoisotopic (exact) mass is 388 g/mol. The van der Waals surface area contributed by atoms with E-state index in [0.717, 1.165) is 0 Å². The Labute approximate surface area is 163 Å². The molecule has 150 valence electrons. The van der Waals surface area contributed by atoms with Crippen LogP contribution in [0.25, 0.3) is 0 Å². The summed E-state index contributed by atoms with van der Waals surface area (Å²) in [4.78, 5) is 36.5. The molecule has 6 atom stereocenters. The molecule has 2 bridgehead atoms. The fourth-order valence-electron chi connectivity index (χ4n) is 5.20. The van der Waals surface area contributed by atoms with Crippen molar-refractivity contribution in [3.8, 4) is 5.75 Å². The average Bonchev–Trinajstić information content (AvgIpc) is 3.24. The van der Waals surface area contributed by atoms with Crippen molar-refractivity contribution in [1.82, 2.24) is 0 Å². The van der Waals surface area contributed by atoms with Crippen LogP contribution in [0.5, 0.6) is 5.75 Å². The van der Waals surface area contributed by atoms with Gasteiger partial charge in [-0.15, -0.1) is 0 Å². The van der Waals surface area contributed by atoms with Crippen molar-refractivity contribution in [2.75, 3.05) is 0 Å². The van der Waals surface area contributed by atoms with Gasteiger partial charge in [-0.1, -0.05) is 18.2 Å². The van der Waals surface area contributed by atoms with Crippen LogP contribution in [0.3, 0.4) is 0 Å². The molecule has 0 aromatic heterocycles. The van der Waals surface area contributed by atoms with Gasteiger partial charge in [0.15, 0.2) is 0 Å². The Balaban J connectivity index is 1.35. The van der Waals surface area contributed by atoms with E-state index in [1.807, 2.05) is 6.07 Å². The van der Waals surface area contributed by atoms with Crippen LogP contribution in [0.15, 0.2) is 30.3 Å². The molecule has 3 aliphatic rings. The van der Waals surface area contributed by atoms with Crippen molar-refractivity contribution in [2.45, 2.75) is 50.9 Å². The van der Waals surface area contributed by atoms with Crippen LogP contribution in [0, 0.1) is 23.7 Å². The smallest absolute Gasteiger partial charge is 0.311 e. The van der Waals surface area contributed by atoms with Gasteiger partial charge in [0.05, 0.1) is 24.4 Å². The third kappa shape index (κ3) is 3.28. The van der Waals surface area contributed by atoms with Crippen LogP contribution in [-0.2, 0) is 23.9 Å². The molecule has 1 heterocycles. The molecule has 3 fully saturated rings. The molecule has 0 spiro atoms. The van der Waals surface area contributed by atoms with Crippen LogP contribution in [0.4, 0.5) is 0 Å². The Morgan fingerprint density at radius 2 is 1.82 bits per heavy atom. The zero-order valence-electron chi connectivity index (χ0n) is 15.9. The molecule has 1 saturated heterocycles. The largest absolute Gasteiger partial charge is 0.458 e. The lowest BCUT2D eigenvalue weighted by atomic mass is 9.71. The van der Waals surface area contributed by atoms with Crippen molar-refractivity contribution in [2.24, 2.45) is 23.7 Å². The van der Waals surface area contributed by atoms with Crippen molar-refractivity contribution in [1.29, 1.82) is 0 Å². The number of rotatable bonds is 6. The summed E-state index contributed by atoms with van der Waals surface area (Å²) >= 11 is 0. The highest BCUT2D eigenvalue weighted by molar-refractivity contribution is 5.80. The molecule has 1 aliphatic heterocycles. The predicted molar refractivity (Wildman–Crippen MR) is 95.9 cm³/mol. The maximum Gasteiger partial charge on any atom is 0.311 e. The molecule has 6 unspecified atom stereocenters. The van der Waals surface area contributed by atoms with Crippen molar-refractivity contribution in [3.63, 3.8) is 0 Å². The highest BCUT2D eigenvalue weighted by Gasteiger charge is 2.70. The quantitative estimate of drug-likeness (QED) is 0.587. The summed E-state index contributed by atoms with van der Waals surface area (Å²) in [7, 11) is 0. The summed E-state index contributed by atoms with van der Waals surface area (Å²) in [5.41, 5.74) is -1.07. The van der Waals surface area contributed by atoms with E-state index in [9.17, 15) is 19.5 Å². The van der Waals surface area contributed by atoms with Crippen LogP contribution in [0.2, 0.25) is 0 Å². The molecule has 7 nitrogen and oxygen atoms in total. The summed E-state index contributed by atoms with van der Waals surface area (Å²) in [6.45, 7) is 3.36. The number of fused-ring (bicyclic) bond motifs is 1. The van der Waals surface area contributed by atoms with Gasteiger partial charge in [-0.2, -0.15) is 0 Å². The number of carbonyl (C=O) groups excluding carboxylic acids is 3. The summed E-state index contributed by atoms with van der Waals surface area (Å²) in [5.74, 6) is -1.70. The Kier molecular flexibility index (Phi) is 4.65. The van der Waals surface area contributed by atoms with Gasteiger partial charge in [0.1, 0.15) is 18.0 Å². The fourth-order valence-corrected chi connectivity index (χ4v) is 5.20. The highest BCUT2D eigenvalue weighted by atomic mass is 16.6.